The van der Waals surface area contributed by atoms with E-state index in [0.717, 1.165) is 68.6 Å². The van der Waals surface area contributed by atoms with Gasteiger partial charge < -0.3 is 25.2 Å². The number of halogens is 3. The molecule has 2 aliphatic heterocycles. The van der Waals surface area contributed by atoms with Gasteiger partial charge in [0.1, 0.15) is 12.4 Å². The topological polar surface area (TPSA) is 100 Å². The number of thiophene rings is 1. The van der Waals surface area contributed by atoms with E-state index in [2.05, 4.69) is 27.4 Å². The molecular formula is C33H38F3N3O5S2. The number of aliphatic hydroxyl groups is 1. The average Bonchev–Trinajstić information content (AvgIpc) is 3.30. The zero-order valence-electron chi connectivity index (χ0n) is 25.6. The fourth-order valence-corrected chi connectivity index (χ4v) is 8.44. The Morgan fingerprint density at radius 3 is 2.54 bits per heavy atom. The lowest BCUT2D eigenvalue weighted by Crippen LogP contribution is -2.68. The van der Waals surface area contributed by atoms with E-state index < -0.39 is 22.4 Å². The Labute approximate surface area is 271 Å². The first-order valence-electron chi connectivity index (χ1n) is 15.4. The van der Waals surface area contributed by atoms with Crippen LogP contribution < -0.4 is 15.4 Å². The molecule has 1 saturated carbocycles. The summed E-state index contributed by atoms with van der Waals surface area (Å²) in [4.78, 5) is 3.00. The minimum Gasteiger partial charge on any atom is -0.489 e. The van der Waals surface area contributed by atoms with Crippen LogP contribution >= 0.6 is 11.3 Å². The second-order valence-electron chi connectivity index (χ2n) is 12.6. The standard InChI is InChI=1S/C33H38F3N3O5S2/c1-46(41,42)24-11-12-27(29(16-24)44-15-14-40)37-13-3-6-30-26(17-33(34,35)36)25-4-2-5-28(31(25)45-30)38-22-7-9-23(10-8-22)39-18-32(19-39)20-43-21-32/h2,4-5,11-12,16,22-23,37-38,40H,7-10,13-15,17-21H2,1H3. The van der Waals surface area contributed by atoms with E-state index in [4.69, 9.17) is 14.6 Å². The monoisotopic (exact) mass is 677 g/mol. The number of sulfone groups is 1. The van der Waals surface area contributed by atoms with Crippen molar-refractivity contribution in [3.8, 4) is 17.6 Å². The number of hydrogen-bond acceptors (Lipinski definition) is 9. The predicted octanol–water partition coefficient (Wildman–Crippen LogP) is 5.30. The number of nitrogens with one attached hydrogen (secondary N) is 2. The van der Waals surface area contributed by atoms with Crippen molar-refractivity contribution < 1.29 is 36.2 Å². The lowest BCUT2D eigenvalue weighted by atomic mass is 9.75. The number of ether oxygens (including phenoxy) is 2. The smallest absolute Gasteiger partial charge is 0.393 e. The molecule has 6 rings (SSSR count). The molecule has 3 fully saturated rings. The molecule has 1 aromatic heterocycles. The fraction of sp³-hybridized carbons (Fsp3) is 0.515. The number of benzene rings is 2. The maximum absolute atomic E-state index is 13.7. The van der Waals surface area contributed by atoms with Crippen molar-refractivity contribution in [1.82, 2.24) is 4.90 Å². The molecule has 13 heteroatoms. The van der Waals surface area contributed by atoms with Crippen molar-refractivity contribution in [3.05, 3.63) is 46.8 Å². The van der Waals surface area contributed by atoms with Crippen LogP contribution in [-0.4, -0.2) is 89.0 Å². The molecule has 0 radical (unpaired) electrons. The van der Waals surface area contributed by atoms with Crippen LogP contribution in [0, 0.1) is 17.3 Å². The summed E-state index contributed by atoms with van der Waals surface area (Å²) >= 11 is 1.27. The largest absolute Gasteiger partial charge is 0.489 e. The first-order chi connectivity index (χ1) is 21.9. The average molecular weight is 678 g/mol. The number of anilines is 2. The van der Waals surface area contributed by atoms with Crippen LogP contribution in [0.25, 0.3) is 10.1 Å². The highest BCUT2D eigenvalue weighted by molar-refractivity contribution is 7.90. The molecule has 0 atom stereocenters. The van der Waals surface area contributed by atoms with Gasteiger partial charge in [0.15, 0.2) is 9.84 Å². The molecule has 0 amide bonds. The Kier molecular flexibility index (Phi) is 9.47. The summed E-state index contributed by atoms with van der Waals surface area (Å²) in [6.07, 6.45) is -0.173. The number of alkyl halides is 3. The minimum absolute atomic E-state index is 0.0388. The number of likely N-dealkylation sites (tertiary alicyclic amines) is 1. The molecule has 3 aliphatic rings. The summed E-state index contributed by atoms with van der Waals surface area (Å²) in [7, 11) is -3.48. The van der Waals surface area contributed by atoms with E-state index in [0.29, 0.717) is 27.4 Å². The Hall–Kier alpha value is -3.02. The maximum Gasteiger partial charge on any atom is 0.393 e. The highest BCUT2D eigenvalue weighted by Gasteiger charge is 2.50. The normalized spacial score (nSPS) is 21.2. The van der Waals surface area contributed by atoms with Crippen LogP contribution in [0.1, 0.15) is 36.1 Å². The molecule has 2 saturated heterocycles. The fourth-order valence-electron chi connectivity index (χ4n) is 6.63. The summed E-state index contributed by atoms with van der Waals surface area (Å²) in [5.74, 6) is 6.12. The van der Waals surface area contributed by atoms with Crippen molar-refractivity contribution in [1.29, 1.82) is 0 Å². The van der Waals surface area contributed by atoms with E-state index in [-0.39, 0.29) is 42.0 Å². The van der Waals surface area contributed by atoms with Gasteiger partial charge in [0.25, 0.3) is 0 Å². The van der Waals surface area contributed by atoms with Crippen molar-refractivity contribution in [2.75, 3.05) is 63.0 Å². The summed E-state index contributed by atoms with van der Waals surface area (Å²) in [6.45, 7) is 3.79. The number of rotatable bonds is 10. The van der Waals surface area contributed by atoms with Crippen molar-refractivity contribution in [2.45, 2.75) is 55.3 Å². The Morgan fingerprint density at radius 2 is 1.89 bits per heavy atom. The van der Waals surface area contributed by atoms with Gasteiger partial charge in [-0.1, -0.05) is 24.0 Å². The third-order valence-corrected chi connectivity index (χ3v) is 11.3. The van der Waals surface area contributed by atoms with E-state index in [1.165, 1.54) is 29.5 Å². The summed E-state index contributed by atoms with van der Waals surface area (Å²) in [5, 5.41) is 16.4. The van der Waals surface area contributed by atoms with E-state index >= 15 is 0 Å². The Morgan fingerprint density at radius 1 is 1.13 bits per heavy atom. The zero-order chi connectivity index (χ0) is 32.5. The number of fused-ring (bicyclic) bond motifs is 1. The molecule has 3 N–H and O–H groups in total. The summed E-state index contributed by atoms with van der Waals surface area (Å²) in [5.41, 5.74) is 1.86. The summed E-state index contributed by atoms with van der Waals surface area (Å²) < 4.78 is 76.8. The minimum atomic E-state index is -4.40. The van der Waals surface area contributed by atoms with Gasteiger partial charge in [-0.05, 0) is 54.8 Å². The van der Waals surface area contributed by atoms with Crippen molar-refractivity contribution in [2.24, 2.45) is 5.41 Å². The van der Waals surface area contributed by atoms with Gasteiger partial charge >= 0.3 is 6.18 Å². The predicted molar refractivity (Wildman–Crippen MR) is 174 cm³/mol. The second kappa shape index (κ2) is 13.2. The van der Waals surface area contributed by atoms with Crippen molar-refractivity contribution in [3.63, 3.8) is 0 Å². The van der Waals surface area contributed by atoms with Crippen LogP contribution in [0.3, 0.4) is 0 Å². The molecule has 46 heavy (non-hydrogen) atoms. The van der Waals surface area contributed by atoms with Gasteiger partial charge in [-0.2, -0.15) is 13.2 Å². The number of hydrogen-bond donors (Lipinski definition) is 3. The molecule has 2 aromatic carbocycles. The molecule has 248 valence electrons. The Bertz CT molecular complexity index is 1730. The Balaban J connectivity index is 1.16. The van der Waals surface area contributed by atoms with Gasteiger partial charge in [0, 0.05) is 42.9 Å². The van der Waals surface area contributed by atoms with Gasteiger partial charge in [0.2, 0.25) is 0 Å². The third-order valence-electron chi connectivity index (χ3n) is 8.96. The molecule has 8 nitrogen and oxygen atoms in total. The van der Waals surface area contributed by atoms with Crippen LogP contribution in [0.2, 0.25) is 0 Å². The SMILES string of the molecule is CS(=O)(=O)c1ccc(NCC#Cc2sc3c(NC4CCC(N5CC6(COC6)C5)CC4)cccc3c2CC(F)(F)F)c(OCCO)c1. The lowest BCUT2D eigenvalue weighted by molar-refractivity contribution is -0.200. The van der Waals surface area contributed by atoms with E-state index in [9.17, 15) is 21.6 Å². The van der Waals surface area contributed by atoms with E-state index in [1.807, 2.05) is 6.07 Å². The molecule has 3 heterocycles. The highest BCUT2D eigenvalue weighted by Crippen LogP contribution is 2.43. The van der Waals surface area contributed by atoms with Gasteiger partial charge in [-0.15, -0.1) is 11.3 Å². The molecule has 1 aliphatic carbocycles. The van der Waals surface area contributed by atoms with Crippen LogP contribution in [0.4, 0.5) is 24.5 Å². The second-order valence-corrected chi connectivity index (χ2v) is 15.6. The summed E-state index contributed by atoms with van der Waals surface area (Å²) in [6, 6.07) is 10.6. The molecule has 3 aromatic rings. The van der Waals surface area contributed by atoms with Crippen molar-refractivity contribution >= 4 is 42.6 Å². The first kappa shape index (κ1) is 32.9. The maximum atomic E-state index is 13.7. The van der Waals surface area contributed by atoms with Crippen LogP contribution in [0.15, 0.2) is 41.3 Å². The first-order valence-corrected chi connectivity index (χ1v) is 18.1. The zero-order valence-corrected chi connectivity index (χ0v) is 27.2. The van der Waals surface area contributed by atoms with Crippen LogP contribution in [0.5, 0.6) is 5.75 Å². The van der Waals surface area contributed by atoms with Crippen LogP contribution in [-0.2, 0) is 21.0 Å². The number of nitrogens with zero attached hydrogens (tertiary/aromatic N) is 1. The lowest BCUT2D eigenvalue weighted by Gasteiger charge is -2.58. The van der Waals surface area contributed by atoms with Gasteiger partial charge in [-0.25, -0.2) is 8.42 Å². The third kappa shape index (κ3) is 7.42. The van der Waals surface area contributed by atoms with Gasteiger partial charge in [0.05, 0.1) is 58.6 Å². The molecular weight excluding hydrogens is 640 g/mol. The highest BCUT2D eigenvalue weighted by atomic mass is 32.2. The molecule has 1 spiro atoms. The molecule has 0 unspecified atom stereocenters. The quantitative estimate of drug-likeness (QED) is 0.249. The molecule has 0 bridgehead atoms. The van der Waals surface area contributed by atoms with Gasteiger partial charge in [-0.3, -0.25) is 4.90 Å². The number of aliphatic hydroxyl groups excluding tert-OH is 1. The van der Waals surface area contributed by atoms with E-state index in [1.54, 1.807) is 12.1 Å².